The number of carbonyl (C=O) groups excluding carboxylic acids is 1. The van der Waals surface area contributed by atoms with Crippen molar-refractivity contribution in [2.75, 3.05) is 0 Å². The summed E-state index contributed by atoms with van der Waals surface area (Å²) in [6.45, 7) is 6.14. The van der Waals surface area contributed by atoms with E-state index in [0.717, 1.165) is 24.5 Å². The highest BCUT2D eigenvalue weighted by atomic mass is 16.5. The van der Waals surface area contributed by atoms with Crippen LogP contribution in [0.4, 0.5) is 0 Å². The van der Waals surface area contributed by atoms with Gasteiger partial charge < -0.3 is 24.8 Å². The molecule has 162 valence electrons. The highest BCUT2D eigenvalue weighted by Crippen LogP contribution is 2.45. The summed E-state index contributed by atoms with van der Waals surface area (Å²) in [7, 11) is 0. The lowest BCUT2D eigenvalue weighted by Crippen LogP contribution is -2.31. The molecule has 6 heteroatoms. The Morgan fingerprint density at radius 2 is 1.90 bits per heavy atom. The zero-order valence-electron chi connectivity index (χ0n) is 17.8. The second kappa shape index (κ2) is 7.69. The number of phenolic OH excluding ortho intramolecular Hbond substituents is 3. The van der Waals surface area contributed by atoms with Crippen LogP contribution in [0.2, 0.25) is 0 Å². The highest BCUT2D eigenvalue weighted by Gasteiger charge is 2.34. The molecule has 0 aromatic heterocycles. The van der Waals surface area contributed by atoms with Crippen LogP contribution in [-0.4, -0.2) is 26.7 Å². The van der Waals surface area contributed by atoms with Crippen molar-refractivity contribution in [2.24, 2.45) is 0 Å². The second-order valence-corrected chi connectivity index (χ2v) is 8.59. The number of fused-ring (bicyclic) bond motifs is 2. The van der Waals surface area contributed by atoms with Crippen LogP contribution in [0.1, 0.15) is 67.6 Å². The van der Waals surface area contributed by atoms with Crippen LogP contribution in [-0.2, 0) is 0 Å². The average molecular weight is 422 g/mol. The number of carbonyl (C=O) groups is 1. The molecule has 4 rings (SSSR count). The van der Waals surface area contributed by atoms with Gasteiger partial charge in [0.1, 0.15) is 46.0 Å². The number of hydrogen-bond acceptors (Lipinski definition) is 6. The summed E-state index contributed by atoms with van der Waals surface area (Å²) >= 11 is 0. The Kier molecular flexibility index (Phi) is 5.17. The number of hydrogen-bond donors (Lipinski definition) is 3. The van der Waals surface area contributed by atoms with Crippen molar-refractivity contribution in [1.82, 2.24) is 0 Å². The van der Waals surface area contributed by atoms with Crippen LogP contribution >= 0.6 is 0 Å². The van der Waals surface area contributed by atoms with E-state index in [1.807, 2.05) is 19.1 Å². The molecular weight excluding hydrogens is 396 g/mol. The molecule has 3 N–H and O–H groups in total. The molecule has 31 heavy (non-hydrogen) atoms. The van der Waals surface area contributed by atoms with Crippen molar-refractivity contribution in [3.8, 4) is 28.7 Å². The first kappa shape index (κ1) is 20.8. The molecule has 0 bridgehead atoms. The first-order valence-electron chi connectivity index (χ1n) is 10.3. The summed E-state index contributed by atoms with van der Waals surface area (Å²) in [5.74, 6) is -0.221. The molecule has 2 atom stereocenters. The van der Waals surface area contributed by atoms with Gasteiger partial charge in [-0.3, -0.25) is 4.79 Å². The van der Waals surface area contributed by atoms with Crippen molar-refractivity contribution in [3.05, 3.63) is 58.7 Å². The van der Waals surface area contributed by atoms with E-state index in [9.17, 15) is 20.1 Å². The third kappa shape index (κ3) is 4.10. The Morgan fingerprint density at radius 1 is 1.13 bits per heavy atom. The number of Topliss-reactive ketones (excluding diaryl/α,β-unsaturated/α-hetero) is 1. The minimum absolute atomic E-state index is 0.0358. The summed E-state index contributed by atoms with van der Waals surface area (Å²) in [4.78, 5) is 12.6. The van der Waals surface area contributed by atoms with Crippen molar-refractivity contribution >= 4 is 11.9 Å². The van der Waals surface area contributed by atoms with Crippen LogP contribution in [0.3, 0.4) is 0 Å². The van der Waals surface area contributed by atoms with Gasteiger partial charge in [0.05, 0.1) is 6.42 Å². The Hall–Kier alpha value is -3.41. The molecule has 0 saturated carbocycles. The van der Waals surface area contributed by atoms with Crippen LogP contribution < -0.4 is 9.47 Å². The van der Waals surface area contributed by atoms with E-state index >= 15 is 0 Å². The zero-order chi connectivity index (χ0) is 22.3. The monoisotopic (exact) mass is 422 g/mol. The van der Waals surface area contributed by atoms with E-state index in [1.54, 1.807) is 12.1 Å². The zero-order valence-corrected chi connectivity index (χ0v) is 17.8. The predicted octanol–water partition coefficient (Wildman–Crippen LogP) is 5.42. The normalized spacial score (nSPS) is 21.5. The minimum atomic E-state index is -0.745. The summed E-state index contributed by atoms with van der Waals surface area (Å²) in [6.07, 6.45) is 7.05. The molecule has 0 aliphatic carbocycles. The molecule has 0 saturated heterocycles. The number of aromatic hydroxyl groups is 3. The summed E-state index contributed by atoms with van der Waals surface area (Å²) in [6, 6.07) is 5.70. The molecule has 2 aromatic rings. The van der Waals surface area contributed by atoms with E-state index in [0.29, 0.717) is 11.3 Å². The lowest BCUT2D eigenvalue weighted by Gasteiger charge is -2.33. The molecule has 0 radical (unpaired) electrons. The number of allylic oxidation sites excluding steroid dienone is 2. The van der Waals surface area contributed by atoms with Crippen molar-refractivity contribution in [3.63, 3.8) is 0 Å². The predicted molar refractivity (Wildman–Crippen MR) is 117 cm³/mol. The highest BCUT2D eigenvalue weighted by molar-refractivity contribution is 6.02. The SMILES string of the molecule is CC(C)=CCC[C@]1(C)C=Cc2cc([C@H]3CC(=O)c4c(O)cc(O)cc4O3)c(O)cc2O1. The Balaban J connectivity index is 1.61. The molecule has 6 nitrogen and oxygen atoms in total. The minimum Gasteiger partial charge on any atom is -0.508 e. The fraction of sp³-hybridized carbons (Fsp3) is 0.320. The van der Waals surface area contributed by atoms with Crippen LogP contribution in [0.15, 0.2) is 42.0 Å². The molecule has 2 aliphatic heterocycles. The van der Waals surface area contributed by atoms with Crippen LogP contribution in [0, 0.1) is 0 Å². The topological polar surface area (TPSA) is 96.2 Å². The average Bonchev–Trinajstić information content (AvgIpc) is 2.66. The molecule has 0 amide bonds. The number of benzene rings is 2. The van der Waals surface area contributed by atoms with Gasteiger partial charge in [0.25, 0.3) is 0 Å². The first-order valence-corrected chi connectivity index (χ1v) is 10.3. The number of phenols is 3. The largest absolute Gasteiger partial charge is 0.508 e. The Bertz CT molecular complexity index is 1110. The van der Waals surface area contributed by atoms with E-state index < -0.39 is 11.7 Å². The van der Waals surface area contributed by atoms with Crippen molar-refractivity contribution in [2.45, 2.75) is 51.7 Å². The molecule has 2 aliphatic rings. The number of ketones is 1. The molecule has 0 spiro atoms. The maximum absolute atomic E-state index is 12.6. The van der Waals surface area contributed by atoms with Crippen LogP contribution in [0.5, 0.6) is 28.7 Å². The van der Waals surface area contributed by atoms with Gasteiger partial charge >= 0.3 is 0 Å². The maximum atomic E-state index is 12.6. The van der Waals surface area contributed by atoms with Gasteiger partial charge in [-0.15, -0.1) is 0 Å². The molecule has 0 unspecified atom stereocenters. The first-order chi connectivity index (χ1) is 14.6. The van der Waals surface area contributed by atoms with E-state index in [4.69, 9.17) is 9.47 Å². The van der Waals surface area contributed by atoms with Gasteiger partial charge in [0.2, 0.25) is 0 Å². The molecule has 2 heterocycles. The van der Waals surface area contributed by atoms with Gasteiger partial charge in [-0.25, -0.2) is 0 Å². The third-order valence-electron chi connectivity index (χ3n) is 5.64. The third-order valence-corrected chi connectivity index (χ3v) is 5.64. The fourth-order valence-corrected chi connectivity index (χ4v) is 4.01. The van der Waals surface area contributed by atoms with E-state index in [2.05, 4.69) is 19.9 Å². The molecule has 2 aromatic carbocycles. The van der Waals surface area contributed by atoms with Gasteiger partial charge in [0, 0.05) is 29.3 Å². The second-order valence-electron chi connectivity index (χ2n) is 8.59. The summed E-state index contributed by atoms with van der Waals surface area (Å²) in [5, 5.41) is 30.4. The van der Waals surface area contributed by atoms with E-state index in [-0.39, 0.29) is 40.8 Å². The van der Waals surface area contributed by atoms with E-state index in [1.165, 1.54) is 11.6 Å². The maximum Gasteiger partial charge on any atom is 0.174 e. The Morgan fingerprint density at radius 3 is 2.65 bits per heavy atom. The lowest BCUT2D eigenvalue weighted by molar-refractivity contribution is 0.0842. The number of rotatable bonds is 4. The van der Waals surface area contributed by atoms with Crippen LogP contribution in [0.25, 0.3) is 6.08 Å². The van der Waals surface area contributed by atoms with Gasteiger partial charge in [-0.1, -0.05) is 17.7 Å². The van der Waals surface area contributed by atoms with Gasteiger partial charge in [0.15, 0.2) is 5.78 Å². The van der Waals surface area contributed by atoms with Gasteiger partial charge in [-0.2, -0.15) is 0 Å². The van der Waals surface area contributed by atoms with Crippen molar-refractivity contribution in [1.29, 1.82) is 0 Å². The molecular formula is C25H26O6. The number of ether oxygens (including phenoxy) is 2. The standard InChI is InChI=1S/C25H26O6/c1-14(2)5-4-7-25(3)8-6-15-9-17(18(27)12-21(15)31-25)22-13-20(29)24-19(28)10-16(26)11-23(24)30-22/h5-6,8-12,22,26-28H,4,7,13H2,1-3H3/t22-,25-/m1/s1. The summed E-state index contributed by atoms with van der Waals surface area (Å²) < 4.78 is 12.0. The summed E-state index contributed by atoms with van der Waals surface area (Å²) in [5.41, 5.74) is 2.06. The van der Waals surface area contributed by atoms with Crippen molar-refractivity contribution < 1.29 is 29.6 Å². The molecule has 0 fully saturated rings. The lowest BCUT2D eigenvalue weighted by atomic mass is 9.91. The quantitative estimate of drug-likeness (QED) is 0.569. The Labute approximate surface area is 181 Å². The fourth-order valence-electron chi connectivity index (χ4n) is 4.01. The smallest absolute Gasteiger partial charge is 0.174 e. The van der Waals surface area contributed by atoms with Gasteiger partial charge in [-0.05, 0) is 45.8 Å².